The fraction of sp³-hybridized carbons (Fsp3) is 0. The molecule has 8 heteroatoms. The summed E-state index contributed by atoms with van der Waals surface area (Å²) < 4.78 is 28.2. The number of rotatable bonds is 4. The van der Waals surface area contributed by atoms with Crippen molar-refractivity contribution < 1.29 is 22.3 Å². The highest BCUT2D eigenvalue weighted by molar-refractivity contribution is 7.87. The predicted octanol–water partition coefficient (Wildman–Crippen LogP) is 2.14. The third-order valence-electron chi connectivity index (χ3n) is 2.53. The smallest absolute Gasteiger partial charge is 0.338 e. The van der Waals surface area contributed by atoms with Crippen LogP contribution in [0.4, 0.5) is 5.69 Å². The molecule has 0 spiro atoms. The summed E-state index contributed by atoms with van der Waals surface area (Å²) in [4.78, 5) is 21.2. The Bertz CT molecular complexity index is 768. The molecule has 108 valence electrons. The molecule has 7 nitrogen and oxygen atoms in total. The second kappa shape index (κ2) is 5.71. The molecular weight excluding hydrogens is 298 g/mol. The number of carbonyl (C=O) groups is 1. The summed E-state index contributed by atoms with van der Waals surface area (Å²) in [5.41, 5.74) is -0.175. The van der Waals surface area contributed by atoms with E-state index in [9.17, 15) is 23.3 Å². The minimum atomic E-state index is -4.32. The maximum Gasteiger partial charge on any atom is 0.354 e. The van der Waals surface area contributed by atoms with Crippen molar-refractivity contribution in [3.8, 4) is 0 Å². The van der Waals surface area contributed by atoms with Crippen LogP contribution in [-0.4, -0.2) is 19.3 Å². The van der Waals surface area contributed by atoms with Gasteiger partial charge in [0.2, 0.25) is 0 Å². The quantitative estimate of drug-likeness (QED) is 0.487. The summed E-state index contributed by atoms with van der Waals surface area (Å²) in [5.74, 6) is -1.02. The van der Waals surface area contributed by atoms with Gasteiger partial charge < -0.3 is 4.18 Å². The lowest BCUT2D eigenvalue weighted by Crippen LogP contribution is -2.13. The number of benzene rings is 2. The standard InChI is InChI=1S/C13H9NO6S/c15-13(10-4-2-1-3-5-10)20-21(18,19)12-8-6-11(7-9-12)14(16)17/h1-9H. The minimum absolute atomic E-state index is 0.0861. The van der Waals surface area contributed by atoms with Gasteiger partial charge in [-0.2, -0.15) is 8.42 Å². The normalized spacial score (nSPS) is 10.9. The molecule has 0 saturated heterocycles. The zero-order valence-corrected chi connectivity index (χ0v) is 11.3. The number of nitro benzene ring substituents is 1. The highest BCUT2D eigenvalue weighted by Gasteiger charge is 2.22. The van der Waals surface area contributed by atoms with Crippen LogP contribution in [0.2, 0.25) is 0 Å². The van der Waals surface area contributed by atoms with Gasteiger partial charge in [0.05, 0.1) is 10.5 Å². The molecule has 0 aliphatic heterocycles. The van der Waals surface area contributed by atoms with Crippen LogP contribution in [0.25, 0.3) is 0 Å². The molecule has 21 heavy (non-hydrogen) atoms. The van der Waals surface area contributed by atoms with Crippen LogP contribution in [0.3, 0.4) is 0 Å². The van der Waals surface area contributed by atoms with Gasteiger partial charge in [-0.3, -0.25) is 10.1 Å². The highest BCUT2D eigenvalue weighted by Crippen LogP contribution is 2.18. The summed E-state index contributed by atoms with van der Waals surface area (Å²) >= 11 is 0. The monoisotopic (exact) mass is 307 g/mol. The Balaban J connectivity index is 2.22. The van der Waals surface area contributed by atoms with E-state index < -0.39 is 21.0 Å². The number of nitrogens with zero attached hydrogens (tertiary/aromatic N) is 1. The van der Waals surface area contributed by atoms with Crippen molar-refractivity contribution in [1.29, 1.82) is 0 Å². The van der Waals surface area contributed by atoms with Crippen molar-refractivity contribution in [1.82, 2.24) is 0 Å². The van der Waals surface area contributed by atoms with E-state index >= 15 is 0 Å². The topological polar surface area (TPSA) is 104 Å². The first-order valence-electron chi connectivity index (χ1n) is 5.68. The van der Waals surface area contributed by atoms with E-state index in [1.807, 2.05) is 0 Å². The first kappa shape index (κ1) is 14.7. The number of hydrogen-bond donors (Lipinski definition) is 0. The molecule has 2 aromatic rings. The Morgan fingerprint density at radius 2 is 1.57 bits per heavy atom. The van der Waals surface area contributed by atoms with Gasteiger partial charge >= 0.3 is 16.1 Å². The molecule has 0 aliphatic carbocycles. The summed E-state index contributed by atoms with van der Waals surface area (Å²) in [6, 6.07) is 11.7. The molecule has 0 radical (unpaired) electrons. The van der Waals surface area contributed by atoms with Gasteiger partial charge in [0, 0.05) is 12.1 Å². The molecule has 0 heterocycles. The van der Waals surface area contributed by atoms with Gasteiger partial charge in [-0.05, 0) is 24.3 Å². The molecular formula is C13H9NO6S. The molecule has 0 atom stereocenters. The molecule has 2 rings (SSSR count). The molecule has 2 aromatic carbocycles. The van der Waals surface area contributed by atoms with Gasteiger partial charge in [0.15, 0.2) is 0 Å². The van der Waals surface area contributed by atoms with Crippen molar-refractivity contribution in [3.63, 3.8) is 0 Å². The molecule has 0 aromatic heterocycles. The molecule has 0 aliphatic rings. The second-order valence-electron chi connectivity index (χ2n) is 3.94. The van der Waals surface area contributed by atoms with E-state index in [1.54, 1.807) is 18.2 Å². The largest absolute Gasteiger partial charge is 0.354 e. The van der Waals surface area contributed by atoms with E-state index in [0.29, 0.717) is 0 Å². The lowest BCUT2D eigenvalue weighted by Gasteiger charge is -2.05. The van der Waals surface area contributed by atoms with Crippen molar-refractivity contribution in [2.24, 2.45) is 0 Å². The van der Waals surface area contributed by atoms with Gasteiger partial charge in [0.1, 0.15) is 4.90 Å². The molecule has 0 amide bonds. The average molecular weight is 307 g/mol. The van der Waals surface area contributed by atoms with Gasteiger partial charge in [0.25, 0.3) is 5.69 Å². The average Bonchev–Trinajstić information content (AvgIpc) is 2.48. The Labute approximate surface area is 120 Å². The maximum absolute atomic E-state index is 11.9. The van der Waals surface area contributed by atoms with Crippen molar-refractivity contribution in [2.45, 2.75) is 4.90 Å². The number of hydrogen-bond acceptors (Lipinski definition) is 6. The van der Waals surface area contributed by atoms with Gasteiger partial charge in [-0.15, -0.1) is 0 Å². The van der Waals surface area contributed by atoms with Crippen LogP contribution in [0.1, 0.15) is 10.4 Å². The Hall–Kier alpha value is -2.74. The number of carbonyl (C=O) groups excluding carboxylic acids is 1. The first-order chi connectivity index (χ1) is 9.90. The fourth-order valence-corrected chi connectivity index (χ4v) is 2.37. The Morgan fingerprint density at radius 1 is 1.00 bits per heavy atom. The van der Waals surface area contributed by atoms with E-state index in [0.717, 1.165) is 24.3 Å². The van der Waals surface area contributed by atoms with E-state index in [2.05, 4.69) is 4.18 Å². The highest BCUT2D eigenvalue weighted by atomic mass is 32.2. The van der Waals surface area contributed by atoms with Crippen LogP contribution in [0.15, 0.2) is 59.5 Å². The van der Waals surface area contributed by atoms with E-state index in [1.165, 1.54) is 12.1 Å². The summed E-state index contributed by atoms with van der Waals surface area (Å²) in [7, 11) is -4.32. The van der Waals surface area contributed by atoms with Crippen molar-refractivity contribution in [2.75, 3.05) is 0 Å². The Kier molecular flexibility index (Phi) is 3.99. The van der Waals surface area contributed by atoms with Gasteiger partial charge in [-0.25, -0.2) is 4.79 Å². The molecule has 0 saturated carbocycles. The summed E-state index contributed by atoms with van der Waals surface area (Å²) in [6.45, 7) is 0. The Morgan fingerprint density at radius 3 is 2.10 bits per heavy atom. The maximum atomic E-state index is 11.9. The van der Waals surface area contributed by atoms with Crippen molar-refractivity contribution >= 4 is 21.8 Å². The SMILES string of the molecule is O=C(OS(=O)(=O)c1ccc([N+](=O)[O-])cc1)c1ccccc1. The predicted molar refractivity (Wildman–Crippen MR) is 72.1 cm³/mol. The van der Waals surface area contributed by atoms with Crippen LogP contribution in [0.5, 0.6) is 0 Å². The number of non-ortho nitro benzene ring substituents is 1. The van der Waals surface area contributed by atoms with E-state index in [-0.39, 0.29) is 16.1 Å². The second-order valence-corrected chi connectivity index (χ2v) is 5.49. The summed E-state index contributed by atoms with van der Waals surface area (Å²) in [5, 5.41) is 10.5. The zero-order chi connectivity index (χ0) is 15.5. The van der Waals surface area contributed by atoms with Crippen LogP contribution >= 0.6 is 0 Å². The minimum Gasteiger partial charge on any atom is -0.338 e. The third-order valence-corrected chi connectivity index (χ3v) is 3.75. The van der Waals surface area contributed by atoms with Crippen LogP contribution in [-0.2, 0) is 14.3 Å². The third kappa shape index (κ3) is 3.42. The molecule has 0 N–H and O–H groups in total. The van der Waals surface area contributed by atoms with E-state index in [4.69, 9.17) is 0 Å². The summed E-state index contributed by atoms with van der Waals surface area (Å²) in [6.07, 6.45) is 0. The van der Waals surface area contributed by atoms with Crippen LogP contribution in [0, 0.1) is 10.1 Å². The lowest BCUT2D eigenvalue weighted by molar-refractivity contribution is -0.384. The van der Waals surface area contributed by atoms with Crippen LogP contribution < -0.4 is 0 Å². The lowest BCUT2D eigenvalue weighted by atomic mass is 10.2. The molecule has 0 fully saturated rings. The fourth-order valence-electron chi connectivity index (χ4n) is 1.50. The molecule has 0 unspecified atom stereocenters. The zero-order valence-electron chi connectivity index (χ0n) is 10.5. The van der Waals surface area contributed by atoms with Gasteiger partial charge in [-0.1, -0.05) is 18.2 Å². The first-order valence-corrected chi connectivity index (χ1v) is 7.09. The van der Waals surface area contributed by atoms with Crippen molar-refractivity contribution in [3.05, 3.63) is 70.3 Å². The molecule has 0 bridgehead atoms. The number of nitro groups is 1.